The first-order valence-corrected chi connectivity index (χ1v) is 7.53. The molecule has 0 fully saturated rings. The number of aromatic nitrogens is 1. The van der Waals surface area contributed by atoms with E-state index in [1.165, 1.54) is 24.6 Å². The predicted octanol–water partition coefficient (Wildman–Crippen LogP) is 4.58. The van der Waals surface area contributed by atoms with Crippen molar-refractivity contribution in [3.05, 3.63) is 48.2 Å². The van der Waals surface area contributed by atoms with E-state index in [4.69, 9.17) is 5.11 Å². The molecule has 1 heterocycles. The Morgan fingerprint density at radius 3 is 2.60 bits per heavy atom. The molecule has 0 aliphatic heterocycles. The Kier molecular flexibility index (Phi) is 6.25. The molecule has 0 saturated carbocycles. The van der Waals surface area contributed by atoms with Gasteiger partial charge in [0.25, 0.3) is 0 Å². The zero-order chi connectivity index (χ0) is 14.0. The number of para-hydroxylation sites is 1. The summed E-state index contributed by atoms with van der Waals surface area (Å²) in [5.74, 6) is 0. The van der Waals surface area contributed by atoms with E-state index in [-0.39, 0.29) is 0 Å². The Hall–Kier alpha value is -1.67. The molecule has 1 aromatic heterocycles. The van der Waals surface area contributed by atoms with E-state index in [1.54, 1.807) is 0 Å². The lowest BCUT2D eigenvalue weighted by Gasteiger charge is -1.99. The minimum Gasteiger partial charge on any atom is -0.396 e. The van der Waals surface area contributed by atoms with Gasteiger partial charge in [0.1, 0.15) is 0 Å². The second-order valence-corrected chi connectivity index (χ2v) is 5.11. The van der Waals surface area contributed by atoms with Gasteiger partial charge in [0, 0.05) is 12.0 Å². The third-order valence-corrected chi connectivity index (χ3v) is 3.44. The van der Waals surface area contributed by atoms with E-state index in [2.05, 4.69) is 35.3 Å². The topological polar surface area (TPSA) is 33.1 Å². The van der Waals surface area contributed by atoms with Crippen molar-refractivity contribution in [2.75, 3.05) is 6.61 Å². The standard InChI is InChI=1S/C18H23NO/c20-15-9-5-3-1-2-4-6-11-17-14-13-16-10-7-8-12-18(16)19-17/h6-8,10-14,20H,1-5,9,15H2. The Morgan fingerprint density at radius 2 is 1.70 bits per heavy atom. The summed E-state index contributed by atoms with van der Waals surface area (Å²) in [5.41, 5.74) is 2.09. The fraction of sp³-hybridized carbons (Fsp3) is 0.389. The molecular weight excluding hydrogens is 246 g/mol. The van der Waals surface area contributed by atoms with Gasteiger partial charge in [-0.1, -0.05) is 49.6 Å². The van der Waals surface area contributed by atoms with Gasteiger partial charge < -0.3 is 5.11 Å². The molecule has 2 rings (SSSR count). The van der Waals surface area contributed by atoms with Crippen molar-refractivity contribution in [2.24, 2.45) is 0 Å². The molecule has 0 radical (unpaired) electrons. The molecule has 0 unspecified atom stereocenters. The Bertz CT molecular complexity index is 548. The highest BCUT2D eigenvalue weighted by Crippen LogP contribution is 2.13. The Morgan fingerprint density at radius 1 is 0.900 bits per heavy atom. The van der Waals surface area contributed by atoms with Crippen LogP contribution in [0.4, 0.5) is 0 Å². The second kappa shape index (κ2) is 8.49. The summed E-state index contributed by atoms with van der Waals surface area (Å²) in [6.07, 6.45) is 11.2. The summed E-state index contributed by atoms with van der Waals surface area (Å²) in [6.45, 7) is 0.327. The molecular formula is C18H23NO. The number of fused-ring (bicyclic) bond motifs is 1. The number of hydrogen-bond donors (Lipinski definition) is 1. The van der Waals surface area contributed by atoms with Gasteiger partial charge in [-0.3, -0.25) is 0 Å². The van der Waals surface area contributed by atoms with Gasteiger partial charge in [0.2, 0.25) is 0 Å². The second-order valence-electron chi connectivity index (χ2n) is 5.11. The van der Waals surface area contributed by atoms with Crippen LogP contribution in [0.5, 0.6) is 0 Å². The van der Waals surface area contributed by atoms with Gasteiger partial charge in [-0.2, -0.15) is 0 Å². The SMILES string of the molecule is OCCCCCCCC=Cc1ccc2ccccc2n1. The minimum absolute atomic E-state index is 0.327. The van der Waals surface area contributed by atoms with Crippen LogP contribution in [-0.2, 0) is 0 Å². The number of benzene rings is 1. The van der Waals surface area contributed by atoms with Crippen molar-refractivity contribution in [3.8, 4) is 0 Å². The molecule has 0 atom stereocenters. The zero-order valence-electron chi connectivity index (χ0n) is 12.0. The Balaban J connectivity index is 1.75. The van der Waals surface area contributed by atoms with Gasteiger partial charge in [-0.05, 0) is 37.5 Å². The van der Waals surface area contributed by atoms with Gasteiger partial charge in [0.05, 0.1) is 11.2 Å². The van der Waals surface area contributed by atoms with Crippen molar-refractivity contribution in [2.45, 2.75) is 38.5 Å². The fourth-order valence-corrected chi connectivity index (χ4v) is 2.28. The van der Waals surface area contributed by atoms with Crippen molar-refractivity contribution in [1.29, 1.82) is 0 Å². The van der Waals surface area contributed by atoms with Crippen molar-refractivity contribution < 1.29 is 5.11 Å². The van der Waals surface area contributed by atoms with Crippen LogP contribution in [0.15, 0.2) is 42.5 Å². The van der Waals surface area contributed by atoms with E-state index < -0.39 is 0 Å². The molecule has 0 aliphatic carbocycles. The molecule has 0 amide bonds. The molecule has 0 saturated heterocycles. The van der Waals surface area contributed by atoms with E-state index in [0.29, 0.717) is 6.61 Å². The highest BCUT2D eigenvalue weighted by Gasteiger charge is 1.94. The highest BCUT2D eigenvalue weighted by atomic mass is 16.2. The van der Waals surface area contributed by atoms with Crippen LogP contribution in [-0.4, -0.2) is 16.7 Å². The molecule has 20 heavy (non-hydrogen) atoms. The minimum atomic E-state index is 0.327. The molecule has 0 bridgehead atoms. The van der Waals surface area contributed by atoms with Crippen LogP contribution >= 0.6 is 0 Å². The Labute approximate surface area is 121 Å². The first-order valence-electron chi connectivity index (χ1n) is 7.53. The summed E-state index contributed by atoms with van der Waals surface area (Å²) >= 11 is 0. The normalized spacial score (nSPS) is 11.4. The summed E-state index contributed by atoms with van der Waals surface area (Å²) in [6, 6.07) is 12.4. The molecule has 0 spiro atoms. The molecule has 2 aromatic rings. The summed E-state index contributed by atoms with van der Waals surface area (Å²) in [5, 5.41) is 9.88. The number of pyridine rings is 1. The molecule has 1 aromatic carbocycles. The van der Waals surface area contributed by atoms with Gasteiger partial charge >= 0.3 is 0 Å². The van der Waals surface area contributed by atoms with Crippen LogP contribution in [0.3, 0.4) is 0 Å². The number of aliphatic hydroxyl groups is 1. The fourth-order valence-electron chi connectivity index (χ4n) is 2.28. The molecule has 2 nitrogen and oxygen atoms in total. The number of allylic oxidation sites excluding steroid dienone is 1. The van der Waals surface area contributed by atoms with E-state index in [1.807, 2.05) is 18.2 Å². The van der Waals surface area contributed by atoms with Crippen molar-refractivity contribution in [1.82, 2.24) is 4.98 Å². The number of aliphatic hydroxyl groups excluding tert-OH is 1. The van der Waals surface area contributed by atoms with Gasteiger partial charge in [-0.25, -0.2) is 4.98 Å². The van der Waals surface area contributed by atoms with Crippen LogP contribution in [0.25, 0.3) is 17.0 Å². The molecule has 2 heteroatoms. The van der Waals surface area contributed by atoms with Crippen LogP contribution in [0.1, 0.15) is 44.2 Å². The highest BCUT2D eigenvalue weighted by molar-refractivity contribution is 5.79. The number of unbranched alkanes of at least 4 members (excludes halogenated alkanes) is 5. The van der Waals surface area contributed by atoms with Crippen LogP contribution in [0, 0.1) is 0 Å². The first kappa shape index (κ1) is 14.7. The molecule has 106 valence electrons. The third kappa shape index (κ3) is 4.78. The monoisotopic (exact) mass is 269 g/mol. The summed E-state index contributed by atoms with van der Waals surface area (Å²) in [7, 11) is 0. The number of nitrogens with zero attached hydrogens (tertiary/aromatic N) is 1. The molecule has 0 aliphatic rings. The smallest absolute Gasteiger partial charge is 0.0709 e. The lowest BCUT2D eigenvalue weighted by molar-refractivity contribution is 0.282. The average molecular weight is 269 g/mol. The lowest BCUT2D eigenvalue weighted by Crippen LogP contribution is -1.84. The average Bonchev–Trinajstić information content (AvgIpc) is 2.50. The van der Waals surface area contributed by atoms with Crippen LogP contribution in [0.2, 0.25) is 0 Å². The van der Waals surface area contributed by atoms with Crippen LogP contribution < -0.4 is 0 Å². The lowest BCUT2D eigenvalue weighted by atomic mass is 10.1. The maximum absolute atomic E-state index is 8.69. The first-order chi connectivity index (χ1) is 9.90. The van der Waals surface area contributed by atoms with Crippen molar-refractivity contribution >= 4 is 17.0 Å². The molecule has 1 N–H and O–H groups in total. The third-order valence-electron chi connectivity index (χ3n) is 3.44. The van der Waals surface area contributed by atoms with E-state index in [9.17, 15) is 0 Å². The zero-order valence-corrected chi connectivity index (χ0v) is 12.0. The van der Waals surface area contributed by atoms with E-state index >= 15 is 0 Å². The largest absolute Gasteiger partial charge is 0.396 e. The summed E-state index contributed by atoms with van der Waals surface area (Å²) in [4.78, 5) is 4.62. The number of hydrogen-bond acceptors (Lipinski definition) is 2. The maximum atomic E-state index is 8.69. The van der Waals surface area contributed by atoms with E-state index in [0.717, 1.165) is 30.5 Å². The maximum Gasteiger partial charge on any atom is 0.0709 e. The van der Waals surface area contributed by atoms with Gasteiger partial charge in [0.15, 0.2) is 0 Å². The van der Waals surface area contributed by atoms with Crippen molar-refractivity contribution in [3.63, 3.8) is 0 Å². The predicted molar refractivity (Wildman–Crippen MR) is 85.6 cm³/mol. The summed E-state index contributed by atoms with van der Waals surface area (Å²) < 4.78 is 0. The quantitative estimate of drug-likeness (QED) is 0.711. The number of rotatable bonds is 8. The van der Waals surface area contributed by atoms with Gasteiger partial charge in [-0.15, -0.1) is 0 Å².